The molecule has 14 heteroatoms. The molecule has 11 nitrogen and oxygen atoms in total. The maximum Gasteiger partial charge on any atom is 0.330 e. The molecule has 3 aromatic rings. The van der Waals surface area contributed by atoms with Gasteiger partial charge in [0, 0.05) is 60.8 Å². The van der Waals surface area contributed by atoms with E-state index in [2.05, 4.69) is 25.6 Å². The van der Waals surface area contributed by atoms with Crippen LogP contribution in [0, 0.1) is 5.82 Å². The number of pyridine rings is 1. The van der Waals surface area contributed by atoms with E-state index in [9.17, 15) is 17.6 Å². The lowest BCUT2D eigenvalue weighted by Gasteiger charge is -2.38. The van der Waals surface area contributed by atoms with Crippen molar-refractivity contribution in [2.24, 2.45) is 5.14 Å². The fourth-order valence-corrected chi connectivity index (χ4v) is 6.05. The minimum Gasteiger partial charge on any atom is -0.350 e. The van der Waals surface area contributed by atoms with Crippen LogP contribution in [0.25, 0.3) is 0 Å². The molecule has 3 atom stereocenters. The van der Waals surface area contributed by atoms with Crippen molar-refractivity contribution in [3.05, 3.63) is 71.4 Å². The molecule has 0 aliphatic carbocycles. The minimum atomic E-state index is -4.26. The number of benzene rings is 1. The number of carbonyl (C=O) groups is 1. The molecule has 40 heavy (non-hydrogen) atoms. The van der Waals surface area contributed by atoms with Crippen molar-refractivity contribution in [1.82, 2.24) is 20.3 Å². The number of rotatable bonds is 7. The second kappa shape index (κ2) is 11.0. The number of piperidine rings is 1. The van der Waals surface area contributed by atoms with Crippen molar-refractivity contribution in [3.63, 3.8) is 0 Å². The molecule has 0 radical (unpaired) electrons. The standard InChI is InChI=1S/C26H30F2N8O3S/c1-15(2)36-24-16(11-32-25(34-24)33-18-9-17(27)12-30-13-18)14-35(26(36)37)19-6-7-20(21(28)10-19)23(40(29,38)39)22-5-3-4-8-31-22/h3-8,10-11,15,17-18,23,30H,9,12-14H2,1-2H3,(H2,29,38,39)(H,32,33,34)/t17-,18-,23?/m0/s1. The molecule has 2 amide bonds. The molecule has 2 aromatic heterocycles. The van der Waals surface area contributed by atoms with Crippen LogP contribution in [0.1, 0.15) is 42.3 Å². The van der Waals surface area contributed by atoms with Crippen LogP contribution in [0.3, 0.4) is 0 Å². The predicted octanol–water partition coefficient (Wildman–Crippen LogP) is 2.86. The molecule has 5 rings (SSSR count). The molecule has 1 fully saturated rings. The summed E-state index contributed by atoms with van der Waals surface area (Å²) in [4.78, 5) is 29.5. The van der Waals surface area contributed by atoms with E-state index < -0.39 is 33.3 Å². The van der Waals surface area contributed by atoms with Gasteiger partial charge in [0.15, 0.2) is 0 Å². The number of anilines is 3. The summed E-state index contributed by atoms with van der Waals surface area (Å²) in [5.74, 6) is -0.152. The van der Waals surface area contributed by atoms with E-state index in [4.69, 9.17) is 5.14 Å². The topological polar surface area (TPSA) is 146 Å². The molecule has 0 spiro atoms. The first-order valence-electron chi connectivity index (χ1n) is 12.8. The van der Waals surface area contributed by atoms with Gasteiger partial charge in [-0.1, -0.05) is 12.1 Å². The van der Waals surface area contributed by atoms with Gasteiger partial charge in [0.2, 0.25) is 16.0 Å². The predicted molar refractivity (Wildman–Crippen MR) is 147 cm³/mol. The maximum atomic E-state index is 15.5. The number of alkyl halides is 1. The Morgan fingerprint density at radius 1 is 1.18 bits per heavy atom. The highest BCUT2D eigenvalue weighted by Gasteiger charge is 2.36. The van der Waals surface area contributed by atoms with Gasteiger partial charge in [-0.05, 0) is 38.1 Å². The average molecular weight is 573 g/mol. The number of nitrogens with two attached hydrogens (primary N) is 1. The first-order chi connectivity index (χ1) is 19.0. The van der Waals surface area contributed by atoms with Crippen LogP contribution >= 0.6 is 0 Å². The first-order valence-corrected chi connectivity index (χ1v) is 14.4. The molecule has 0 bridgehead atoms. The Balaban J connectivity index is 1.45. The molecule has 1 aromatic carbocycles. The summed E-state index contributed by atoms with van der Waals surface area (Å²) in [6.07, 6.45) is 2.34. The second-order valence-corrected chi connectivity index (χ2v) is 11.8. The van der Waals surface area contributed by atoms with Gasteiger partial charge in [-0.25, -0.2) is 32.1 Å². The van der Waals surface area contributed by atoms with E-state index in [0.717, 1.165) is 6.07 Å². The Kier molecular flexibility index (Phi) is 7.66. The number of aromatic nitrogens is 3. The molecule has 0 saturated carbocycles. The van der Waals surface area contributed by atoms with Gasteiger partial charge in [-0.2, -0.15) is 4.98 Å². The van der Waals surface area contributed by atoms with Crippen molar-refractivity contribution >= 4 is 33.5 Å². The summed E-state index contributed by atoms with van der Waals surface area (Å²) in [5, 5.41) is 10.1. The van der Waals surface area contributed by atoms with Crippen molar-refractivity contribution in [2.75, 3.05) is 28.2 Å². The number of sulfonamides is 1. The molecule has 2 aliphatic heterocycles. The van der Waals surface area contributed by atoms with E-state index >= 15 is 4.39 Å². The quantitative estimate of drug-likeness (QED) is 0.392. The van der Waals surface area contributed by atoms with Crippen molar-refractivity contribution in [2.45, 2.75) is 50.3 Å². The molecule has 4 N–H and O–H groups in total. The SMILES string of the molecule is CC(C)N1C(=O)N(c2ccc(C(c3ccccn3)S(N)(=O)=O)c(F)c2)Cc2cnc(N[C@@H]3CNC[C@@H](F)C3)nc21. The van der Waals surface area contributed by atoms with Crippen LogP contribution < -0.4 is 25.6 Å². The van der Waals surface area contributed by atoms with Crippen LogP contribution in [0.2, 0.25) is 0 Å². The normalized spacial score (nSPS) is 20.4. The van der Waals surface area contributed by atoms with E-state index in [-0.39, 0.29) is 41.5 Å². The largest absolute Gasteiger partial charge is 0.350 e. The van der Waals surface area contributed by atoms with E-state index in [1.54, 1.807) is 18.3 Å². The number of hydrogen-bond acceptors (Lipinski definition) is 8. The first kappa shape index (κ1) is 27.8. The van der Waals surface area contributed by atoms with Crippen molar-refractivity contribution in [1.29, 1.82) is 0 Å². The Hall–Kier alpha value is -3.75. The second-order valence-electron chi connectivity index (χ2n) is 10.1. The van der Waals surface area contributed by atoms with Gasteiger partial charge < -0.3 is 10.6 Å². The Morgan fingerprint density at radius 3 is 2.62 bits per heavy atom. The zero-order chi connectivity index (χ0) is 28.6. The third-order valence-corrected chi connectivity index (χ3v) is 8.00. The van der Waals surface area contributed by atoms with Gasteiger partial charge in [0.05, 0.1) is 12.2 Å². The summed E-state index contributed by atoms with van der Waals surface area (Å²) in [6, 6.07) is 7.61. The van der Waals surface area contributed by atoms with Crippen molar-refractivity contribution in [3.8, 4) is 0 Å². The summed E-state index contributed by atoms with van der Waals surface area (Å²) >= 11 is 0. The zero-order valence-electron chi connectivity index (χ0n) is 22.0. The molecule has 1 unspecified atom stereocenters. The fourth-order valence-electron chi connectivity index (χ4n) is 5.03. The number of halogens is 2. The number of amides is 2. The number of carbonyl (C=O) groups excluding carboxylic acids is 1. The van der Waals surface area contributed by atoms with E-state index in [1.165, 1.54) is 34.2 Å². The Labute approximate surface area is 230 Å². The lowest BCUT2D eigenvalue weighted by Crippen LogP contribution is -2.51. The number of fused-ring (bicyclic) bond motifs is 1. The highest BCUT2D eigenvalue weighted by molar-refractivity contribution is 7.89. The highest BCUT2D eigenvalue weighted by atomic mass is 32.2. The fraction of sp³-hybridized carbons (Fsp3) is 0.385. The van der Waals surface area contributed by atoms with Gasteiger partial charge in [0.1, 0.15) is 23.1 Å². The Morgan fingerprint density at radius 2 is 1.98 bits per heavy atom. The third-order valence-electron chi connectivity index (χ3n) is 6.84. The highest BCUT2D eigenvalue weighted by Crippen LogP contribution is 2.35. The minimum absolute atomic E-state index is 0.0623. The summed E-state index contributed by atoms with van der Waals surface area (Å²) < 4.78 is 54.1. The van der Waals surface area contributed by atoms with Crippen LogP contribution in [-0.2, 0) is 16.6 Å². The monoisotopic (exact) mass is 572 g/mol. The lowest BCUT2D eigenvalue weighted by atomic mass is 10.1. The third kappa shape index (κ3) is 5.60. The average Bonchev–Trinajstić information content (AvgIpc) is 2.89. The van der Waals surface area contributed by atoms with Gasteiger partial charge in [-0.3, -0.25) is 14.8 Å². The number of hydrogen-bond donors (Lipinski definition) is 3. The Bertz CT molecular complexity index is 1510. The number of nitrogens with zero attached hydrogens (tertiary/aromatic N) is 5. The smallest absolute Gasteiger partial charge is 0.330 e. The molecular formula is C26H30F2N8O3S. The molecule has 4 heterocycles. The van der Waals surface area contributed by atoms with Crippen LogP contribution in [0.5, 0.6) is 0 Å². The van der Waals surface area contributed by atoms with Crippen LogP contribution in [0.15, 0.2) is 48.8 Å². The lowest BCUT2D eigenvalue weighted by molar-refractivity contribution is 0.248. The van der Waals surface area contributed by atoms with Crippen molar-refractivity contribution < 1.29 is 22.0 Å². The molecule has 212 valence electrons. The van der Waals surface area contributed by atoms with Crippen LogP contribution in [0.4, 0.5) is 31.0 Å². The van der Waals surface area contributed by atoms with E-state index in [1.807, 2.05) is 13.8 Å². The number of nitrogens with one attached hydrogen (secondary N) is 2. The summed E-state index contributed by atoms with van der Waals surface area (Å²) in [7, 11) is -4.26. The van der Waals surface area contributed by atoms with Gasteiger partial charge in [-0.15, -0.1) is 0 Å². The zero-order valence-corrected chi connectivity index (χ0v) is 22.8. The molecule has 1 saturated heterocycles. The maximum absolute atomic E-state index is 15.5. The number of primary sulfonamides is 1. The summed E-state index contributed by atoms with van der Waals surface area (Å²) in [6.45, 7) is 4.59. The van der Waals surface area contributed by atoms with Gasteiger partial charge in [0.25, 0.3) is 0 Å². The van der Waals surface area contributed by atoms with E-state index in [0.29, 0.717) is 30.9 Å². The van der Waals surface area contributed by atoms with Crippen LogP contribution in [-0.4, -0.2) is 60.7 Å². The summed E-state index contributed by atoms with van der Waals surface area (Å²) in [5.41, 5.74) is 0.756. The number of urea groups is 1. The molecular weight excluding hydrogens is 542 g/mol. The molecule has 2 aliphatic rings. The van der Waals surface area contributed by atoms with Gasteiger partial charge >= 0.3 is 6.03 Å².